The third-order valence-corrected chi connectivity index (χ3v) is 4.39. The average Bonchev–Trinajstić information content (AvgIpc) is 2.29. The van der Waals surface area contributed by atoms with Crippen molar-refractivity contribution in [2.24, 2.45) is 11.8 Å². The fourth-order valence-corrected chi connectivity index (χ4v) is 3.18. The van der Waals surface area contributed by atoms with Crippen LogP contribution in [0.2, 0.25) is 0 Å². The van der Waals surface area contributed by atoms with E-state index in [4.69, 9.17) is 4.74 Å². The van der Waals surface area contributed by atoms with Crippen LogP contribution in [0.1, 0.15) is 64.2 Å². The molecule has 1 saturated heterocycles. The van der Waals surface area contributed by atoms with Crippen LogP contribution < -0.4 is 0 Å². The minimum absolute atomic E-state index is 0.387. The summed E-state index contributed by atoms with van der Waals surface area (Å²) in [4.78, 5) is 12.3. The predicted molar refractivity (Wildman–Crippen MR) is 69.0 cm³/mol. The van der Waals surface area contributed by atoms with E-state index in [1.165, 1.54) is 32.1 Å². The molecule has 98 valence electrons. The molecule has 0 bridgehead atoms. The molecule has 2 nitrogen and oxygen atoms in total. The quantitative estimate of drug-likeness (QED) is 0.749. The number of carbonyl (C=O) groups excluding carboxylic acids is 1. The first-order valence-corrected chi connectivity index (χ1v) is 7.46. The molecule has 0 aromatic rings. The van der Waals surface area contributed by atoms with Gasteiger partial charge < -0.3 is 4.74 Å². The van der Waals surface area contributed by atoms with Crippen LogP contribution in [0.4, 0.5) is 0 Å². The largest absolute Gasteiger partial charge is 0.381 e. The van der Waals surface area contributed by atoms with Gasteiger partial charge in [0.15, 0.2) is 0 Å². The molecule has 0 aromatic heterocycles. The minimum atomic E-state index is 0.387. The zero-order valence-electron chi connectivity index (χ0n) is 11.0. The summed E-state index contributed by atoms with van der Waals surface area (Å²) in [7, 11) is 0. The summed E-state index contributed by atoms with van der Waals surface area (Å²) in [5, 5.41) is 0. The second kappa shape index (κ2) is 7.15. The molecular formula is C15H26O2. The molecule has 1 aliphatic heterocycles. The number of hydrogen-bond donors (Lipinski definition) is 0. The van der Waals surface area contributed by atoms with Crippen LogP contribution in [0.15, 0.2) is 0 Å². The Morgan fingerprint density at radius 3 is 2.12 bits per heavy atom. The van der Waals surface area contributed by atoms with Gasteiger partial charge in [-0.25, -0.2) is 0 Å². The van der Waals surface area contributed by atoms with E-state index >= 15 is 0 Å². The lowest BCUT2D eigenvalue weighted by Crippen LogP contribution is -2.23. The maximum Gasteiger partial charge on any atom is 0.136 e. The van der Waals surface area contributed by atoms with Gasteiger partial charge in [0.25, 0.3) is 0 Å². The molecule has 0 spiro atoms. The first kappa shape index (κ1) is 13.1. The molecule has 2 aliphatic rings. The highest BCUT2D eigenvalue weighted by Crippen LogP contribution is 2.27. The predicted octanol–water partition coefficient (Wildman–Crippen LogP) is 3.73. The molecule has 0 N–H and O–H groups in total. The molecule has 0 aromatic carbocycles. The van der Waals surface area contributed by atoms with E-state index in [9.17, 15) is 4.79 Å². The summed E-state index contributed by atoms with van der Waals surface area (Å²) >= 11 is 0. The van der Waals surface area contributed by atoms with Gasteiger partial charge in [0.2, 0.25) is 0 Å². The van der Waals surface area contributed by atoms with E-state index < -0.39 is 0 Å². The fourth-order valence-electron chi connectivity index (χ4n) is 3.18. The van der Waals surface area contributed by atoms with Gasteiger partial charge in [-0.2, -0.15) is 0 Å². The van der Waals surface area contributed by atoms with Crippen molar-refractivity contribution in [2.75, 3.05) is 13.2 Å². The molecule has 2 fully saturated rings. The number of Topliss-reactive ketones (excluding diaryl/α,β-unsaturated/α-hetero) is 1. The Kier molecular flexibility index (Phi) is 5.50. The number of rotatable bonds is 3. The van der Waals surface area contributed by atoms with Crippen LogP contribution in [0.5, 0.6) is 0 Å². The molecule has 1 heterocycles. The van der Waals surface area contributed by atoms with E-state index in [1.54, 1.807) is 0 Å². The zero-order valence-corrected chi connectivity index (χ0v) is 11.0. The normalized spacial score (nSPS) is 25.2. The highest BCUT2D eigenvalue weighted by molar-refractivity contribution is 5.81. The highest BCUT2D eigenvalue weighted by Gasteiger charge is 2.23. The Morgan fingerprint density at radius 2 is 1.47 bits per heavy atom. The van der Waals surface area contributed by atoms with Crippen molar-refractivity contribution in [1.82, 2.24) is 0 Å². The number of carbonyl (C=O) groups is 1. The van der Waals surface area contributed by atoms with Crippen LogP contribution in [0, 0.1) is 11.8 Å². The van der Waals surface area contributed by atoms with Crippen molar-refractivity contribution in [3.63, 3.8) is 0 Å². The maximum absolute atomic E-state index is 12.3. The van der Waals surface area contributed by atoms with Crippen molar-refractivity contribution in [3.8, 4) is 0 Å². The molecule has 2 heteroatoms. The number of ketones is 1. The summed E-state index contributed by atoms with van der Waals surface area (Å²) in [6, 6.07) is 0. The molecule has 17 heavy (non-hydrogen) atoms. The van der Waals surface area contributed by atoms with E-state index in [0.29, 0.717) is 17.6 Å². The van der Waals surface area contributed by atoms with Gasteiger partial charge >= 0.3 is 0 Å². The lowest BCUT2D eigenvalue weighted by molar-refractivity contribution is -0.125. The Morgan fingerprint density at radius 1 is 0.882 bits per heavy atom. The smallest absolute Gasteiger partial charge is 0.136 e. The molecule has 1 saturated carbocycles. The van der Waals surface area contributed by atoms with Crippen LogP contribution >= 0.6 is 0 Å². The standard InChI is InChI=1S/C15H26O2/c16-15(12-13-8-10-17-11-9-13)14-6-4-2-1-3-5-7-14/h13-14H,1-12H2. The Balaban J connectivity index is 1.76. The Labute approximate surface area is 105 Å². The molecule has 0 amide bonds. The van der Waals surface area contributed by atoms with Crippen LogP contribution in [0.3, 0.4) is 0 Å². The van der Waals surface area contributed by atoms with Crippen LogP contribution in [-0.4, -0.2) is 19.0 Å². The van der Waals surface area contributed by atoms with Crippen molar-refractivity contribution < 1.29 is 9.53 Å². The first-order valence-electron chi connectivity index (χ1n) is 7.46. The molecule has 0 unspecified atom stereocenters. The first-order chi connectivity index (χ1) is 8.36. The van der Waals surface area contributed by atoms with Gasteiger partial charge in [0.1, 0.15) is 5.78 Å². The third kappa shape index (κ3) is 4.42. The zero-order chi connectivity index (χ0) is 11.9. The summed E-state index contributed by atoms with van der Waals surface area (Å²) in [6.45, 7) is 1.73. The monoisotopic (exact) mass is 238 g/mol. The molecular weight excluding hydrogens is 212 g/mol. The van der Waals surface area contributed by atoms with Crippen molar-refractivity contribution in [2.45, 2.75) is 64.2 Å². The minimum Gasteiger partial charge on any atom is -0.381 e. The SMILES string of the molecule is O=C(CC1CCOCC1)C1CCCCCCC1. The third-order valence-electron chi connectivity index (χ3n) is 4.39. The van der Waals surface area contributed by atoms with Gasteiger partial charge in [-0.3, -0.25) is 4.79 Å². The second-order valence-electron chi connectivity index (χ2n) is 5.77. The summed E-state index contributed by atoms with van der Waals surface area (Å²) in [5.41, 5.74) is 0. The highest BCUT2D eigenvalue weighted by atomic mass is 16.5. The average molecular weight is 238 g/mol. The molecule has 1 aliphatic carbocycles. The number of ether oxygens (including phenoxy) is 1. The Hall–Kier alpha value is -0.370. The topological polar surface area (TPSA) is 26.3 Å². The summed E-state index contributed by atoms with van der Waals surface area (Å²) in [6.07, 6.45) is 11.9. The van der Waals surface area contributed by atoms with Crippen molar-refractivity contribution in [3.05, 3.63) is 0 Å². The van der Waals surface area contributed by atoms with Gasteiger partial charge in [-0.1, -0.05) is 32.1 Å². The lowest BCUT2D eigenvalue weighted by atomic mass is 9.83. The van der Waals surface area contributed by atoms with E-state index in [1.807, 2.05) is 0 Å². The fraction of sp³-hybridized carbons (Fsp3) is 0.933. The van der Waals surface area contributed by atoms with Crippen molar-refractivity contribution in [1.29, 1.82) is 0 Å². The molecule has 0 radical (unpaired) electrons. The van der Waals surface area contributed by atoms with E-state index in [-0.39, 0.29) is 0 Å². The van der Waals surface area contributed by atoms with Crippen LogP contribution in [-0.2, 0) is 9.53 Å². The van der Waals surface area contributed by atoms with E-state index in [0.717, 1.165) is 45.3 Å². The maximum atomic E-state index is 12.3. The van der Waals surface area contributed by atoms with E-state index in [2.05, 4.69) is 0 Å². The van der Waals surface area contributed by atoms with Gasteiger partial charge in [-0.15, -0.1) is 0 Å². The molecule has 0 atom stereocenters. The van der Waals surface area contributed by atoms with Crippen LogP contribution in [0.25, 0.3) is 0 Å². The van der Waals surface area contributed by atoms with Gasteiger partial charge in [-0.05, 0) is 31.6 Å². The summed E-state index contributed by atoms with van der Waals surface area (Å²) in [5.74, 6) is 1.55. The van der Waals surface area contributed by atoms with Gasteiger partial charge in [0, 0.05) is 25.6 Å². The van der Waals surface area contributed by atoms with Gasteiger partial charge in [0.05, 0.1) is 0 Å². The molecule has 2 rings (SSSR count). The summed E-state index contributed by atoms with van der Waals surface area (Å²) < 4.78 is 5.35. The second-order valence-corrected chi connectivity index (χ2v) is 5.77. The number of hydrogen-bond acceptors (Lipinski definition) is 2. The Bertz CT molecular complexity index is 223. The lowest BCUT2D eigenvalue weighted by Gasteiger charge is -2.24. The van der Waals surface area contributed by atoms with Crippen molar-refractivity contribution >= 4 is 5.78 Å².